The van der Waals surface area contributed by atoms with Gasteiger partial charge < -0.3 is 14.4 Å². The maximum absolute atomic E-state index is 6.54. The molecule has 0 unspecified atom stereocenters. The molecule has 0 N–H and O–H groups in total. The van der Waals surface area contributed by atoms with Crippen LogP contribution >= 0.6 is 0 Å². The van der Waals surface area contributed by atoms with E-state index in [2.05, 4.69) is 36.1 Å². The number of hydrogen-bond acceptors (Lipinski definition) is 3. The number of hydrogen-bond donors (Lipinski definition) is 0. The summed E-state index contributed by atoms with van der Waals surface area (Å²) >= 11 is 0. The molecule has 27 heavy (non-hydrogen) atoms. The number of unbranched alkanes of at least 4 members (excludes halogenated alkanes) is 7. The molecule has 3 nitrogen and oxygen atoms in total. The summed E-state index contributed by atoms with van der Waals surface area (Å²) in [7, 11) is 1.77. The van der Waals surface area contributed by atoms with Gasteiger partial charge in [0.1, 0.15) is 5.60 Å². The molecule has 2 aliphatic heterocycles. The van der Waals surface area contributed by atoms with Crippen molar-refractivity contribution >= 4 is 0 Å². The van der Waals surface area contributed by atoms with Gasteiger partial charge in [-0.3, -0.25) is 0 Å². The SMILES string of the molecule is CCCCCCCCCCN1CCC[C@@]2(C1)O[C@H](OC)Cc1ccccc12. The van der Waals surface area contributed by atoms with Crippen LogP contribution in [0, 0.1) is 0 Å². The Morgan fingerprint density at radius 1 is 1.07 bits per heavy atom. The average Bonchev–Trinajstić information content (AvgIpc) is 2.70. The van der Waals surface area contributed by atoms with Gasteiger partial charge in [0.05, 0.1) is 0 Å². The first kappa shape index (κ1) is 20.8. The Morgan fingerprint density at radius 2 is 1.81 bits per heavy atom. The standard InChI is InChI=1S/C24H39NO2/c1-3-4-5-6-7-8-9-12-17-25-18-13-16-24(20-25)22-15-11-10-14-21(22)19-23(26-2)27-24/h10-11,14-15,23H,3-9,12-13,16-20H2,1-2H3/t23-,24-/m0/s1. The van der Waals surface area contributed by atoms with Crippen molar-refractivity contribution in [3.63, 3.8) is 0 Å². The van der Waals surface area contributed by atoms with E-state index < -0.39 is 0 Å². The lowest BCUT2D eigenvalue weighted by Crippen LogP contribution is -2.52. The zero-order valence-corrected chi connectivity index (χ0v) is 17.5. The van der Waals surface area contributed by atoms with Crippen LogP contribution in [-0.2, 0) is 21.5 Å². The molecule has 1 spiro atoms. The Balaban J connectivity index is 1.50. The number of methoxy groups -OCH3 is 1. The third-order valence-electron chi connectivity index (χ3n) is 6.38. The summed E-state index contributed by atoms with van der Waals surface area (Å²) < 4.78 is 12.2. The predicted octanol–water partition coefficient (Wildman–Crippen LogP) is 5.66. The Hall–Kier alpha value is -0.900. The minimum Gasteiger partial charge on any atom is -0.355 e. The Labute approximate surface area is 166 Å². The maximum Gasteiger partial charge on any atom is 0.162 e. The average molecular weight is 374 g/mol. The fourth-order valence-electron chi connectivity index (χ4n) is 4.89. The molecule has 2 heterocycles. The number of nitrogens with zero attached hydrogens (tertiary/aromatic N) is 1. The van der Waals surface area contributed by atoms with Crippen LogP contribution in [0.5, 0.6) is 0 Å². The molecule has 0 bridgehead atoms. The first-order valence-corrected chi connectivity index (χ1v) is 11.3. The van der Waals surface area contributed by atoms with Crippen LogP contribution in [0.4, 0.5) is 0 Å². The highest BCUT2D eigenvalue weighted by Gasteiger charge is 2.44. The van der Waals surface area contributed by atoms with Crippen LogP contribution in [0.1, 0.15) is 82.3 Å². The van der Waals surface area contributed by atoms with Crippen LogP contribution < -0.4 is 0 Å². The van der Waals surface area contributed by atoms with Crippen LogP contribution in [-0.4, -0.2) is 37.9 Å². The molecule has 1 aromatic rings. The first-order valence-electron chi connectivity index (χ1n) is 11.3. The normalized spacial score (nSPS) is 25.6. The quantitative estimate of drug-likeness (QED) is 0.494. The van der Waals surface area contributed by atoms with Crippen molar-refractivity contribution in [2.45, 2.75) is 89.4 Å². The molecule has 0 radical (unpaired) electrons. The van der Waals surface area contributed by atoms with E-state index in [1.165, 1.54) is 82.0 Å². The van der Waals surface area contributed by atoms with Crippen molar-refractivity contribution in [2.75, 3.05) is 26.7 Å². The highest BCUT2D eigenvalue weighted by Crippen LogP contribution is 2.42. The lowest BCUT2D eigenvalue weighted by Gasteiger charge is -2.48. The van der Waals surface area contributed by atoms with Gasteiger partial charge in [-0.15, -0.1) is 0 Å². The highest BCUT2D eigenvalue weighted by atomic mass is 16.7. The van der Waals surface area contributed by atoms with Crippen LogP contribution in [0.25, 0.3) is 0 Å². The molecule has 2 atom stereocenters. The summed E-state index contributed by atoms with van der Waals surface area (Å²) in [5, 5.41) is 0. The highest BCUT2D eigenvalue weighted by molar-refractivity contribution is 5.35. The predicted molar refractivity (Wildman–Crippen MR) is 112 cm³/mol. The first-order chi connectivity index (χ1) is 13.3. The molecule has 3 heteroatoms. The van der Waals surface area contributed by atoms with Gasteiger partial charge in [-0.1, -0.05) is 76.1 Å². The van der Waals surface area contributed by atoms with E-state index >= 15 is 0 Å². The van der Waals surface area contributed by atoms with Gasteiger partial charge in [-0.25, -0.2) is 0 Å². The van der Waals surface area contributed by atoms with E-state index in [1.54, 1.807) is 7.11 Å². The zero-order chi connectivity index (χ0) is 19.0. The van der Waals surface area contributed by atoms with Gasteiger partial charge in [-0.05, 0) is 43.5 Å². The number of piperidine rings is 1. The number of benzene rings is 1. The fraction of sp³-hybridized carbons (Fsp3) is 0.750. The lowest BCUT2D eigenvalue weighted by atomic mass is 9.80. The number of ether oxygens (including phenoxy) is 2. The topological polar surface area (TPSA) is 21.7 Å². The van der Waals surface area contributed by atoms with E-state index in [9.17, 15) is 0 Å². The minimum absolute atomic E-state index is 0.108. The van der Waals surface area contributed by atoms with Gasteiger partial charge in [0, 0.05) is 20.1 Å². The summed E-state index contributed by atoms with van der Waals surface area (Å²) in [6.45, 7) is 5.72. The van der Waals surface area contributed by atoms with Crippen molar-refractivity contribution in [3.05, 3.63) is 35.4 Å². The van der Waals surface area contributed by atoms with E-state index in [4.69, 9.17) is 9.47 Å². The summed E-state index contributed by atoms with van der Waals surface area (Å²) in [4.78, 5) is 2.63. The largest absolute Gasteiger partial charge is 0.355 e. The number of rotatable bonds is 10. The molecule has 0 amide bonds. The van der Waals surface area contributed by atoms with Crippen molar-refractivity contribution in [2.24, 2.45) is 0 Å². The molecule has 0 aromatic heterocycles. The molecule has 1 aromatic carbocycles. The van der Waals surface area contributed by atoms with E-state index in [1.807, 2.05) is 0 Å². The van der Waals surface area contributed by atoms with Crippen molar-refractivity contribution in [1.29, 1.82) is 0 Å². The smallest absolute Gasteiger partial charge is 0.162 e. The van der Waals surface area contributed by atoms with Crippen molar-refractivity contribution in [1.82, 2.24) is 4.90 Å². The second kappa shape index (κ2) is 10.6. The fourth-order valence-corrected chi connectivity index (χ4v) is 4.89. The van der Waals surface area contributed by atoms with E-state index in [0.29, 0.717) is 0 Å². The van der Waals surface area contributed by atoms with Gasteiger partial charge in [-0.2, -0.15) is 0 Å². The Kier molecular flexibility index (Phi) is 8.17. The van der Waals surface area contributed by atoms with Crippen LogP contribution in [0.15, 0.2) is 24.3 Å². The third-order valence-corrected chi connectivity index (χ3v) is 6.38. The number of fused-ring (bicyclic) bond motifs is 2. The minimum atomic E-state index is -0.173. The maximum atomic E-state index is 6.54. The van der Waals surface area contributed by atoms with Gasteiger partial charge in [0.15, 0.2) is 6.29 Å². The zero-order valence-electron chi connectivity index (χ0n) is 17.5. The van der Waals surface area contributed by atoms with Crippen LogP contribution in [0.3, 0.4) is 0 Å². The molecule has 1 saturated heterocycles. The Bertz CT molecular complexity index is 561. The summed E-state index contributed by atoms with van der Waals surface area (Å²) in [5.74, 6) is 0. The van der Waals surface area contributed by atoms with Gasteiger partial charge in [0.2, 0.25) is 0 Å². The molecule has 1 fully saturated rings. The molecule has 152 valence electrons. The monoisotopic (exact) mass is 373 g/mol. The molecule has 3 rings (SSSR count). The van der Waals surface area contributed by atoms with E-state index in [-0.39, 0.29) is 11.9 Å². The Morgan fingerprint density at radius 3 is 2.59 bits per heavy atom. The number of likely N-dealkylation sites (tertiary alicyclic amines) is 1. The summed E-state index contributed by atoms with van der Waals surface area (Å²) in [5.41, 5.74) is 2.64. The molecule has 0 aliphatic carbocycles. The molecule has 2 aliphatic rings. The van der Waals surface area contributed by atoms with Gasteiger partial charge >= 0.3 is 0 Å². The second-order valence-electron chi connectivity index (χ2n) is 8.49. The molecular formula is C24H39NO2. The molecule has 0 saturated carbocycles. The van der Waals surface area contributed by atoms with Crippen molar-refractivity contribution in [3.8, 4) is 0 Å². The van der Waals surface area contributed by atoms with E-state index in [0.717, 1.165) is 19.4 Å². The lowest BCUT2D eigenvalue weighted by molar-refractivity contribution is -0.228. The molecular weight excluding hydrogens is 334 g/mol. The van der Waals surface area contributed by atoms with Crippen LogP contribution in [0.2, 0.25) is 0 Å². The summed E-state index contributed by atoms with van der Waals surface area (Å²) in [6.07, 6.45) is 14.2. The van der Waals surface area contributed by atoms with Crippen molar-refractivity contribution < 1.29 is 9.47 Å². The summed E-state index contributed by atoms with van der Waals surface area (Å²) in [6, 6.07) is 8.84. The third kappa shape index (κ3) is 5.56. The second-order valence-corrected chi connectivity index (χ2v) is 8.49. The van der Waals surface area contributed by atoms with Gasteiger partial charge in [0.25, 0.3) is 0 Å².